The van der Waals surface area contributed by atoms with E-state index < -0.39 is 0 Å². The Morgan fingerprint density at radius 1 is 1.35 bits per heavy atom. The first-order valence-electron chi connectivity index (χ1n) is 6.90. The minimum atomic E-state index is 0.273. The van der Waals surface area contributed by atoms with Gasteiger partial charge in [-0.1, -0.05) is 13.8 Å². The van der Waals surface area contributed by atoms with E-state index in [-0.39, 0.29) is 11.8 Å². The summed E-state index contributed by atoms with van der Waals surface area (Å²) in [6.07, 6.45) is 2.19. The molecule has 4 heteroatoms. The van der Waals surface area contributed by atoms with E-state index in [1.54, 1.807) is 0 Å². The van der Waals surface area contributed by atoms with E-state index in [0.717, 1.165) is 52.1 Å². The third-order valence-corrected chi connectivity index (χ3v) is 4.35. The molecule has 1 saturated heterocycles. The first-order valence-corrected chi connectivity index (χ1v) is 6.90. The molecule has 1 saturated carbocycles. The van der Waals surface area contributed by atoms with E-state index in [1.807, 2.05) is 0 Å². The summed E-state index contributed by atoms with van der Waals surface area (Å²) >= 11 is 0. The second-order valence-corrected chi connectivity index (χ2v) is 5.53. The molecule has 0 bridgehead atoms. The zero-order valence-electron chi connectivity index (χ0n) is 11.1. The highest BCUT2D eigenvalue weighted by molar-refractivity contribution is 5.79. The summed E-state index contributed by atoms with van der Waals surface area (Å²) in [7, 11) is 0. The third kappa shape index (κ3) is 2.80. The summed E-state index contributed by atoms with van der Waals surface area (Å²) in [5.41, 5.74) is 0.501. The zero-order chi connectivity index (χ0) is 12.3. The second-order valence-electron chi connectivity index (χ2n) is 5.53. The molecule has 1 spiro atoms. The van der Waals surface area contributed by atoms with Gasteiger partial charge in [-0.3, -0.25) is 4.79 Å². The summed E-state index contributed by atoms with van der Waals surface area (Å²) in [6, 6.07) is 0. The van der Waals surface area contributed by atoms with Crippen molar-refractivity contribution in [3.8, 4) is 0 Å². The molecule has 1 heterocycles. The van der Waals surface area contributed by atoms with Crippen molar-refractivity contribution in [2.24, 2.45) is 11.3 Å². The molecular weight excluding hydrogens is 214 g/mol. The van der Waals surface area contributed by atoms with Gasteiger partial charge < -0.3 is 15.5 Å². The van der Waals surface area contributed by atoms with Crippen LogP contribution in [0.1, 0.15) is 26.7 Å². The summed E-state index contributed by atoms with van der Waals surface area (Å²) in [5.74, 6) is 0.559. The molecule has 0 aromatic rings. The summed E-state index contributed by atoms with van der Waals surface area (Å²) < 4.78 is 0. The smallest absolute Gasteiger partial charge is 0.223 e. The van der Waals surface area contributed by atoms with Gasteiger partial charge in [0.25, 0.3) is 0 Å². The highest BCUT2D eigenvalue weighted by atomic mass is 16.1. The number of carbonyl (C=O) groups is 1. The maximum atomic E-state index is 11.9. The van der Waals surface area contributed by atoms with Crippen LogP contribution in [0.5, 0.6) is 0 Å². The number of carbonyl (C=O) groups excluding carboxylic acids is 1. The number of rotatable bonds is 6. The molecule has 2 N–H and O–H groups in total. The van der Waals surface area contributed by atoms with E-state index in [4.69, 9.17) is 0 Å². The van der Waals surface area contributed by atoms with Crippen molar-refractivity contribution in [2.75, 3.05) is 39.3 Å². The van der Waals surface area contributed by atoms with E-state index in [2.05, 4.69) is 29.4 Å². The summed E-state index contributed by atoms with van der Waals surface area (Å²) in [4.78, 5) is 14.2. The monoisotopic (exact) mass is 239 g/mol. The molecule has 17 heavy (non-hydrogen) atoms. The topological polar surface area (TPSA) is 44.4 Å². The van der Waals surface area contributed by atoms with Gasteiger partial charge in [-0.25, -0.2) is 0 Å². The number of amides is 1. The third-order valence-electron chi connectivity index (χ3n) is 4.35. The van der Waals surface area contributed by atoms with Gasteiger partial charge in [0, 0.05) is 32.1 Å². The van der Waals surface area contributed by atoms with E-state index in [0.29, 0.717) is 5.41 Å². The average molecular weight is 239 g/mol. The fourth-order valence-electron chi connectivity index (χ4n) is 2.96. The van der Waals surface area contributed by atoms with E-state index in [9.17, 15) is 4.79 Å². The number of hydrogen-bond acceptors (Lipinski definition) is 3. The molecule has 1 aliphatic heterocycles. The van der Waals surface area contributed by atoms with Crippen molar-refractivity contribution >= 4 is 5.91 Å². The van der Waals surface area contributed by atoms with Crippen molar-refractivity contribution < 1.29 is 4.79 Å². The van der Waals surface area contributed by atoms with Crippen LogP contribution in [0.25, 0.3) is 0 Å². The standard InChI is InChI=1S/C13H25N3O/c1-3-16(4-2)6-5-15-12(17)11-7-13(8-11)9-14-10-13/h11,14H,3-10H2,1-2H3,(H,15,17). The molecule has 2 rings (SSSR count). The Morgan fingerprint density at radius 2 is 2.00 bits per heavy atom. The van der Waals surface area contributed by atoms with Crippen molar-refractivity contribution in [1.29, 1.82) is 0 Å². The van der Waals surface area contributed by atoms with Crippen LogP contribution >= 0.6 is 0 Å². The lowest BCUT2D eigenvalue weighted by atomic mass is 9.58. The van der Waals surface area contributed by atoms with E-state index >= 15 is 0 Å². The molecule has 0 aromatic carbocycles. The first-order chi connectivity index (χ1) is 8.19. The highest BCUT2D eigenvalue weighted by Crippen LogP contribution is 2.48. The lowest BCUT2D eigenvalue weighted by Crippen LogP contribution is -2.62. The first kappa shape index (κ1) is 12.8. The van der Waals surface area contributed by atoms with Crippen LogP contribution in [-0.2, 0) is 4.79 Å². The predicted molar refractivity (Wildman–Crippen MR) is 68.8 cm³/mol. The normalized spacial score (nSPS) is 22.3. The Morgan fingerprint density at radius 3 is 2.47 bits per heavy atom. The predicted octanol–water partition coefficient (Wildman–Crippen LogP) is 0.444. The van der Waals surface area contributed by atoms with Crippen LogP contribution in [0, 0.1) is 11.3 Å². The van der Waals surface area contributed by atoms with Crippen molar-refractivity contribution in [3.63, 3.8) is 0 Å². The van der Waals surface area contributed by atoms with Gasteiger partial charge in [0.1, 0.15) is 0 Å². The average Bonchev–Trinajstić information content (AvgIpc) is 2.20. The Hall–Kier alpha value is -0.610. The zero-order valence-corrected chi connectivity index (χ0v) is 11.1. The SMILES string of the molecule is CCN(CC)CCNC(=O)C1CC2(CNC2)C1. The van der Waals surface area contributed by atoms with Gasteiger partial charge in [0.15, 0.2) is 0 Å². The van der Waals surface area contributed by atoms with Crippen molar-refractivity contribution in [1.82, 2.24) is 15.5 Å². The van der Waals surface area contributed by atoms with Gasteiger partial charge in [0.2, 0.25) is 5.91 Å². The van der Waals surface area contributed by atoms with E-state index in [1.165, 1.54) is 0 Å². The molecule has 0 atom stereocenters. The number of nitrogens with one attached hydrogen (secondary N) is 2. The molecule has 1 aliphatic carbocycles. The Balaban J connectivity index is 1.59. The molecule has 0 aromatic heterocycles. The van der Waals surface area contributed by atoms with Gasteiger partial charge in [0.05, 0.1) is 0 Å². The Kier molecular flexibility index (Phi) is 4.05. The quantitative estimate of drug-likeness (QED) is 0.707. The van der Waals surface area contributed by atoms with Gasteiger partial charge in [-0.2, -0.15) is 0 Å². The maximum absolute atomic E-state index is 11.9. The molecule has 4 nitrogen and oxygen atoms in total. The Labute approximate surface area is 104 Å². The molecule has 98 valence electrons. The van der Waals surface area contributed by atoms with Gasteiger partial charge >= 0.3 is 0 Å². The fraction of sp³-hybridized carbons (Fsp3) is 0.923. The number of hydrogen-bond donors (Lipinski definition) is 2. The van der Waals surface area contributed by atoms with Crippen LogP contribution in [0.15, 0.2) is 0 Å². The number of likely N-dealkylation sites (N-methyl/N-ethyl adjacent to an activating group) is 1. The minimum absolute atomic E-state index is 0.273. The maximum Gasteiger partial charge on any atom is 0.223 e. The lowest BCUT2D eigenvalue weighted by Gasteiger charge is -2.53. The van der Waals surface area contributed by atoms with Gasteiger partial charge in [-0.15, -0.1) is 0 Å². The molecule has 1 amide bonds. The van der Waals surface area contributed by atoms with Crippen LogP contribution < -0.4 is 10.6 Å². The highest BCUT2D eigenvalue weighted by Gasteiger charge is 2.50. The second kappa shape index (κ2) is 5.36. The molecule has 2 aliphatic rings. The van der Waals surface area contributed by atoms with Crippen LogP contribution in [0.4, 0.5) is 0 Å². The molecule has 2 fully saturated rings. The molecule has 0 unspecified atom stereocenters. The van der Waals surface area contributed by atoms with Crippen molar-refractivity contribution in [3.05, 3.63) is 0 Å². The Bertz CT molecular complexity index is 264. The van der Waals surface area contributed by atoms with Crippen LogP contribution in [0.2, 0.25) is 0 Å². The summed E-state index contributed by atoms with van der Waals surface area (Å²) in [5, 5.41) is 6.37. The number of nitrogens with zero attached hydrogens (tertiary/aromatic N) is 1. The van der Waals surface area contributed by atoms with Gasteiger partial charge in [-0.05, 0) is 31.3 Å². The minimum Gasteiger partial charge on any atom is -0.355 e. The van der Waals surface area contributed by atoms with Crippen molar-refractivity contribution in [2.45, 2.75) is 26.7 Å². The van der Waals surface area contributed by atoms with Crippen LogP contribution in [0.3, 0.4) is 0 Å². The molecule has 0 radical (unpaired) electrons. The van der Waals surface area contributed by atoms with Crippen LogP contribution in [-0.4, -0.2) is 50.1 Å². The lowest BCUT2D eigenvalue weighted by molar-refractivity contribution is -0.134. The molecular formula is C13H25N3O. The summed E-state index contributed by atoms with van der Waals surface area (Å²) in [6.45, 7) is 10.4. The largest absolute Gasteiger partial charge is 0.355 e. The fourth-order valence-corrected chi connectivity index (χ4v) is 2.96.